The van der Waals surface area contributed by atoms with Crippen LogP contribution in [0.25, 0.3) is 0 Å². The van der Waals surface area contributed by atoms with Gasteiger partial charge in [0.1, 0.15) is 5.82 Å². The van der Waals surface area contributed by atoms with Crippen LogP contribution in [0.15, 0.2) is 4.99 Å². The zero-order valence-corrected chi connectivity index (χ0v) is 13.7. The summed E-state index contributed by atoms with van der Waals surface area (Å²) in [6, 6.07) is 0. The molecule has 1 fully saturated rings. The number of guanidine groups is 1. The molecule has 1 aromatic heterocycles. The molecule has 1 aromatic rings. The summed E-state index contributed by atoms with van der Waals surface area (Å²) in [4.78, 5) is 4.30. The van der Waals surface area contributed by atoms with Crippen molar-refractivity contribution in [2.45, 2.75) is 52.5 Å². The second-order valence-corrected chi connectivity index (χ2v) is 6.06. The molecule has 0 bridgehead atoms. The van der Waals surface area contributed by atoms with Gasteiger partial charge in [0.05, 0.1) is 6.54 Å². The standard InChI is InChI=1S/C15H28N6/c1-5-15(8-6-7-9-15)11-18-14(16-3)17-10-13-20-19-12(2)21(13)4/h5-11H2,1-4H3,(H2,16,17,18). The Labute approximate surface area is 127 Å². The van der Waals surface area contributed by atoms with E-state index in [0.717, 1.165) is 24.2 Å². The summed E-state index contributed by atoms with van der Waals surface area (Å²) < 4.78 is 1.99. The normalized spacial score (nSPS) is 18.0. The van der Waals surface area contributed by atoms with Crippen molar-refractivity contribution in [2.24, 2.45) is 17.5 Å². The third-order valence-corrected chi connectivity index (χ3v) is 4.87. The molecule has 1 aliphatic rings. The molecule has 6 nitrogen and oxygen atoms in total. The van der Waals surface area contributed by atoms with Gasteiger partial charge in [-0.2, -0.15) is 0 Å². The topological polar surface area (TPSA) is 67.1 Å². The lowest BCUT2D eigenvalue weighted by atomic mass is 9.83. The molecule has 0 aliphatic heterocycles. The highest BCUT2D eigenvalue weighted by Gasteiger charge is 2.31. The highest BCUT2D eigenvalue weighted by atomic mass is 15.3. The van der Waals surface area contributed by atoms with Gasteiger partial charge in [0.15, 0.2) is 11.8 Å². The van der Waals surface area contributed by atoms with Crippen LogP contribution in [-0.4, -0.2) is 34.3 Å². The van der Waals surface area contributed by atoms with Crippen molar-refractivity contribution >= 4 is 5.96 Å². The predicted molar refractivity (Wildman–Crippen MR) is 85.1 cm³/mol. The number of nitrogens with one attached hydrogen (secondary N) is 2. The van der Waals surface area contributed by atoms with E-state index in [4.69, 9.17) is 0 Å². The number of hydrogen-bond acceptors (Lipinski definition) is 3. The van der Waals surface area contributed by atoms with Crippen molar-refractivity contribution in [3.63, 3.8) is 0 Å². The van der Waals surface area contributed by atoms with E-state index >= 15 is 0 Å². The molecule has 0 radical (unpaired) electrons. The van der Waals surface area contributed by atoms with Crippen molar-refractivity contribution in [1.29, 1.82) is 0 Å². The van der Waals surface area contributed by atoms with Crippen molar-refractivity contribution in [3.05, 3.63) is 11.6 Å². The number of aryl methyl sites for hydroxylation is 1. The Kier molecular flexibility index (Phi) is 5.20. The summed E-state index contributed by atoms with van der Waals surface area (Å²) in [5.41, 5.74) is 0.457. The molecule has 6 heteroatoms. The summed E-state index contributed by atoms with van der Waals surface area (Å²) >= 11 is 0. The smallest absolute Gasteiger partial charge is 0.191 e. The van der Waals surface area contributed by atoms with E-state index < -0.39 is 0 Å². The molecule has 0 aromatic carbocycles. The lowest BCUT2D eigenvalue weighted by molar-refractivity contribution is 0.283. The van der Waals surface area contributed by atoms with E-state index in [2.05, 4.69) is 32.7 Å². The first-order chi connectivity index (χ1) is 10.1. The van der Waals surface area contributed by atoms with Crippen LogP contribution in [0.3, 0.4) is 0 Å². The second kappa shape index (κ2) is 6.91. The van der Waals surface area contributed by atoms with Crippen LogP contribution in [0, 0.1) is 12.3 Å². The Morgan fingerprint density at radius 2 is 2.00 bits per heavy atom. The number of hydrogen-bond donors (Lipinski definition) is 2. The number of nitrogens with zero attached hydrogens (tertiary/aromatic N) is 4. The van der Waals surface area contributed by atoms with Crippen molar-refractivity contribution in [2.75, 3.05) is 13.6 Å². The predicted octanol–water partition coefficient (Wildman–Crippen LogP) is 1.76. The van der Waals surface area contributed by atoms with Crippen molar-refractivity contribution in [3.8, 4) is 0 Å². The Bertz CT molecular complexity index is 484. The van der Waals surface area contributed by atoms with Gasteiger partial charge < -0.3 is 15.2 Å². The monoisotopic (exact) mass is 292 g/mol. The molecule has 1 saturated carbocycles. The molecular weight excluding hydrogens is 264 g/mol. The van der Waals surface area contributed by atoms with Crippen LogP contribution < -0.4 is 10.6 Å². The molecule has 2 rings (SSSR count). The summed E-state index contributed by atoms with van der Waals surface area (Å²) in [5, 5.41) is 15.0. The number of rotatable bonds is 5. The molecule has 2 N–H and O–H groups in total. The number of aliphatic imine (C=N–C) groups is 1. The summed E-state index contributed by atoms with van der Waals surface area (Å²) in [6.45, 7) is 5.89. The highest BCUT2D eigenvalue weighted by molar-refractivity contribution is 5.79. The van der Waals surface area contributed by atoms with Gasteiger partial charge in [0, 0.05) is 20.6 Å². The quantitative estimate of drug-likeness (QED) is 0.641. The zero-order valence-electron chi connectivity index (χ0n) is 13.7. The summed E-state index contributed by atoms with van der Waals surface area (Å²) in [6.07, 6.45) is 6.62. The molecule has 0 spiro atoms. The minimum atomic E-state index is 0.457. The fourth-order valence-electron chi connectivity index (χ4n) is 3.04. The molecule has 1 heterocycles. The third kappa shape index (κ3) is 3.74. The van der Waals surface area contributed by atoms with Gasteiger partial charge in [-0.25, -0.2) is 0 Å². The van der Waals surface area contributed by atoms with Crippen molar-refractivity contribution < 1.29 is 0 Å². The van der Waals surface area contributed by atoms with Gasteiger partial charge in [-0.05, 0) is 31.6 Å². The Balaban J connectivity index is 1.85. The van der Waals surface area contributed by atoms with Crippen LogP contribution in [0.1, 0.15) is 50.7 Å². The van der Waals surface area contributed by atoms with E-state index in [1.165, 1.54) is 32.1 Å². The van der Waals surface area contributed by atoms with Gasteiger partial charge in [-0.3, -0.25) is 4.99 Å². The van der Waals surface area contributed by atoms with E-state index in [0.29, 0.717) is 12.0 Å². The molecule has 0 unspecified atom stereocenters. The summed E-state index contributed by atoms with van der Waals surface area (Å²) in [5.74, 6) is 2.68. The van der Waals surface area contributed by atoms with E-state index in [9.17, 15) is 0 Å². The van der Waals surface area contributed by atoms with Crippen molar-refractivity contribution in [1.82, 2.24) is 25.4 Å². The second-order valence-electron chi connectivity index (χ2n) is 6.06. The van der Waals surface area contributed by atoms with E-state index in [-0.39, 0.29) is 0 Å². The SMILES string of the molecule is CCC1(CNC(=NC)NCc2nnc(C)n2C)CCCC1. The maximum Gasteiger partial charge on any atom is 0.191 e. The molecule has 0 saturated heterocycles. The largest absolute Gasteiger partial charge is 0.356 e. The Hall–Kier alpha value is -1.59. The first kappa shape index (κ1) is 15.8. The average Bonchev–Trinajstić information content (AvgIpc) is 3.09. The van der Waals surface area contributed by atoms with Crippen LogP contribution >= 0.6 is 0 Å². The van der Waals surface area contributed by atoms with Crippen LogP contribution in [0.5, 0.6) is 0 Å². The minimum absolute atomic E-state index is 0.457. The average molecular weight is 292 g/mol. The van der Waals surface area contributed by atoms with Gasteiger partial charge in [0.25, 0.3) is 0 Å². The lowest BCUT2D eigenvalue weighted by Crippen LogP contribution is -2.42. The maximum atomic E-state index is 4.30. The van der Waals surface area contributed by atoms with Crippen LogP contribution in [0.2, 0.25) is 0 Å². The molecule has 21 heavy (non-hydrogen) atoms. The van der Waals surface area contributed by atoms with Gasteiger partial charge in [-0.1, -0.05) is 19.8 Å². The fraction of sp³-hybridized carbons (Fsp3) is 0.800. The zero-order chi connectivity index (χ0) is 15.3. The van der Waals surface area contributed by atoms with E-state index in [1.54, 1.807) is 0 Å². The molecule has 0 amide bonds. The maximum absolute atomic E-state index is 4.30. The van der Waals surface area contributed by atoms with Gasteiger partial charge in [-0.15, -0.1) is 10.2 Å². The lowest BCUT2D eigenvalue weighted by Gasteiger charge is -2.28. The first-order valence-electron chi connectivity index (χ1n) is 7.89. The summed E-state index contributed by atoms with van der Waals surface area (Å²) in [7, 11) is 3.79. The minimum Gasteiger partial charge on any atom is -0.356 e. The van der Waals surface area contributed by atoms with E-state index in [1.807, 2.05) is 25.6 Å². The van der Waals surface area contributed by atoms with Gasteiger partial charge >= 0.3 is 0 Å². The molecule has 118 valence electrons. The first-order valence-corrected chi connectivity index (χ1v) is 7.89. The highest BCUT2D eigenvalue weighted by Crippen LogP contribution is 2.40. The van der Waals surface area contributed by atoms with Crippen LogP contribution in [-0.2, 0) is 13.6 Å². The number of aromatic nitrogens is 3. The Morgan fingerprint density at radius 3 is 2.52 bits per heavy atom. The Morgan fingerprint density at radius 1 is 1.29 bits per heavy atom. The molecular formula is C15H28N6. The molecule has 1 aliphatic carbocycles. The third-order valence-electron chi connectivity index (χ3n) is 4.87. The fourth-order valence-corrected chi connectivity index (χ4v) is 3.04. The molecule has 0 atom stereocenters. The van der Waals surface area contributed by atoms with Gasteiger partial charge in [0.2, 0.25) is 0 Å². The van der Waals surface area contributed by atoms with Crippen LogP contribution in [0.4, 0.5) is 0 Å².